The van der Waals surface area contributed by atoms with Gasteiger partial charge in [-0.3, -0.25) is 4.99 Å². The van der Waals surface area contributed by atoms with Crippen molar-refractivity contribution in [2.75, 3.05) is 39.3 Å². The van der Waals surface area contributed by atoms with Crippen molar-refractivity contribution < 1.29 is 14.3 Å². The van der Waals surface area contributed by atoms with Gasteiger partial charge in [-0.2, -0.15) is 0 Å². The first-order valence-corrected chi connectivity index (χ1v) is 9.97. The summed E-state index contributed by atoms with van der Waals surface area (Å²) in [6.45, 7) is 13.6. The average molecular weight is 518 g/mol. The highest BCUT2D eigenvalue weighted by molar-refractivity contribution is 14.0. The van der Waals surface area contributed by atoms with Crippen molar-refractivity contribution in [2.45, 2.75) is 46.3 Å². The van der Waals surface area contributed by atoms with Gasteiger partial charge in [0.1, 0.15) is 11.7 Å². The Bertz CT molecular complexity index is 676. The number of aryl methyl sites for hydroxylation is 1. The van der Waals surface area contributed by atoms with E-state index < -0.39 is 11.7 Å². The van der Waals surface area contributed by atoms with Crippen LogP contribution < -0.4 is 10.6 Å². The number of hydrogen-bond acceptors (Lipinski definition) is 4. The molecule has 29 heavy (non-hydrogen) atoms. The molecule has 7 nitrogen and oxygen atoms in total. The number of carbonyl (C=O) groups is 1. The van der Waals surface area contributed by atoms with Crippen molar-refractivity contribution in [3.8, 4) is 0 Å². The van der Waals surface area contributed by atoms with Gasteiger partial charge >= 0.3 is 6.09 Å². The van der Waals surface area contributed by atoms with Crippen molar-refractivity contribution >= 4 is 36.0 Å². The maximum Gasteiger partial charge on any atom is 0.407 e. The van der Waals surface area contributed by atoms with Crippen molar-refractivity contribution in [2.24, 2.45) is 4.99 Å². The zero-order chi connectivity index (χ0) is 20.6. The number of rotatable bonds is 5. The van der Waals surface area contributed by atoms with Gasteiger partial charge in [0.2, 0.25) is 0 Å². The largest absolute Gasteiger partial charge is 0.444 e. The molecule has 1 aromatic rings. The van der Waals surface area contributed by atoms with Crippen LogP contribution in [-0.4, -0.2) is 61.9 Å². The SMILES string of the molecule is CCNC(=NCCNC(=O)OC(C)(C)C)N1CCOC(c2ccccc2C)C1.I. The summed E-state index contributed by atoms with van der Waals surface area (Å²) in [6, 6.07) is 8.33. The summed E-state index contributed by atoms with van der Waals surface area (Å²) in [4.78, 5) is 18.6. The maximum absolute atomic E-state index is 11.7. The molecule has 2 rings (SSSR count). The van der Waals surface area contributed by atoms with E-state index >= 15 is 0 Å². The number of benzene rings is 1. The Labute approximate surface area is 191 Å². The van der Waals surface area contributed by atoms with Gasteiger partial charge in [-0.15, -0.1) is 24.0 Å². The third-order valence-corrected chi connectivity index (χ3v) is 4.28. The normalized spacial score (nSPS) is 17.3. The van der Waals surface area contributed by atoms with E-state index in [1.54, 1.807) is 0 Å². The monoisotopic (exact) mass is 518 g/mol. The summed E-state index contributed by atoms with van der Waals surface area (Å²) in [5, 5.41) is 6.08. The van der Waals surface area contributed by atoms with Crippen LogP contribution in [-0.2, 0) is 9.47 Å². The lowest BCUT2D eigenvalue weighted by Crippen LogP contribution is -2.48. The van der Waals surface area contributed by atoms with Crippen LogP contribution in [0.25, 0.3) is 0 Å². The van der Waals surface area contributed by atoms with Crippen LogP contribution in [0.15, 0.2) is 29.3 Å². The molecule has 1 amide bonds. The lowest BCUT2D eigenvalue weighted by atomic mass is 10.0. The Morgan fingerprint density at radius 2 is 2.03 bits per heavy atom. The minimum Gasteiger partial charge on any atom is -0.444 e. The summed E-state index contributed by atoms with van der Waals surface area (Å²) in [5.74, 6) is 0.843. The molecule has 0 aromatic heterocycles. The van der Waals surface area contributed by atoms with E-state index in [0.717, 1.165) is 25.6 Å². The van der Waals surface area contributed by atoms with Crippen LogP contribution in [0.2, 0.25) is 0 Å². The van der Waals surface area contributed by atoms with E-state index in [1.807, 2.05) is 39.8 Å². The number of alkyl carbamates (subject to hydrolysis) is 1. The molecule has 0 bridgehead atoms. The molecule has 1 fully saturated rings. The first-order chi connectivity index (χ1) is 13.3. The number of amides is 1. The zero-order valence-electron chi connectivity index (χ0n) is 18.2. The van der Waals surface area contributed by atoms with Gasteiger partial charge in [0.05, 0.1) is 19.7 Å². The number of nitrogens with zero attached hydrogens (tertiary/aromatic N) is 2. The highest BCUT2D eigenvalue weighted by Crippen LogP contribution is 2.24. The summed E-state index contributed by atoms with van der Waals surface area (Å²) >= 11 is 0. The quantitative estimate of drug-likeness (QED) is 0.270. The predicted octanol–water partition coefficient (Wildman–Crippen LogP) is 3.48. The van der Waals surface area contributed by atoms with Gasteiger partial charge in [0.15, 0.2) is 5.96 Å². The number of halogens is 1. The molecule has 0 spiro atoms. The Morgan fingerprint density at radius 3 is 2.69 bits per heavy atom. The minimum absolute atomic E-state index is 0. The van der Waals surface area contributed by atoms with E-state index in [9.17, 15) is 4.79 Å². The number of ether oxygens (including phenoxy) is 2. The van der Waals surface area contributed by atoms with Crippen molar-refractivity contribution in [3.63, 3.8) is 0 Å². The number of morpholine rings is 1. The van der Waals surface area contributed by atoms with Crippen molar-refractivity contribution in [1.82, 2.24) is 15.5 Å². The molecular weight excluding hydrogens is 483 g/mol. The fourth-order valence-electron chi connectivity index (χ4n) is 3.04. The van der Waals surface area contributed by atoms with Crippen LogP contribution in [0.5, 0.6) is 0 Å². The van der Waals surface area contributed by atoms with Gasteiger partial charge in [0.25, 0.3) is 0 Å². The summed E-state index contributed by atoms with van der Waals surface area (Å²) < 4.78 is 11.3. The topological polar surface area (TPSA) is 75.2 Å². The average Bonchev–Trinajstić information content (AvgIpc) is 2.63. The van der Waals surface area contributed by atoms with E-state index in [2.05, 4.69) is 39.6 Å². The lowest BCUT2D eigenvalue weighted by Gasteiger charge is -2.35. The molecule has 0 radical (unpaired) electrons. The molecular formula is C21H35IN4O3. The molecule has 1 heterocycles. The molecule has 1 unspecified atom stereocenters. The van der Waals surface area contributed by atoms with Crippen LogP contribution in [0.3, 0.4) is 0 Å². The molecule has 1 atom stereocenters. The van der Waals surface area contributed by atoms with E-state index in [-0.39, 0.29) is 30.1 Å². The van der Waals surface area contributed by atoms with E-state index in [0.29, 0.717) is 19.7 Å². The molecule has 1 saturated heterocycles. The second-order valence-corrected chi connectivity index (χ2v) is 7.83. The highest BCUT2D eigenvalue weighted by atomic mass is 127. The molecule has 2 N–H and O–H groups in total. The van der Waals surface area contributed by atoms with Gasteiger partial charge in [-0.25, -0.2) is 4.79 Å². The number of carbonyl (C=O) groups excluding carboxylic acids is 1. The molecule has 1 aromatic carbocycles. The second-order valence-electron chi connectivity index (χ2n) is 7.83. The third-order valence-electron chi connectivity index (χ3n) is 4.28. The maximum atomic E-state index is 11.7. The van der Waals surface area contributed by atoms with Gasteiger partial charge in [0, 0.05) is 19.6 Å². The Hall–Kier alpha value is -1.55. The summed E-state index contributed by atoms with van der Waals surface area (Å²) in [7, 11) is 0. The smallest absolute Gasteiger partial charge is 0.407 e. The number of nitrogens with one attached hydrogen (secondary N) is 2. The van der Waals surface area contributed by atoms with Crippen LogP contribution in [0.1, 0.15) is 44.9 Å². The summed E-state index contributed by atoms with van der Waals surface area (Å²) in [6.07, 6.45) is -0.391. The number of aliphatic imine (C=N–C) groups is 1. The zero-order valence-corrected chi connectivity index (χ0v) is 20.5. The van der Waals surface area contributed by atoms with Gasteiger partial charge < -0.3 is 25.0 Å². The van der Waals surface area contributed by atoms with Crippen LogP contribution >= 0.6 is 24.0 Å². The Balaban J connectivity index is 0.00000420. The third kappa shape index (κ3) is 8.77. The molecule has 8 heteroatoms. The summed E-state index contributed by atoms with van der Waals surface area (Å²) in [5.41, 5.74) is 1.95. The first kappa shape index (κ1) is 25.5. The predicted molar refractivity (Wildman–Crippen MR) is 127 cm³/mol. The fraction of sp³-hybridized carbons (Fsp3) is 0.619. The minimum atomic E-state index is -0.499. The standard InChI is InChI=1S/C21H34N4O3.HI/c1-6-22-19(23-11-12-24-20(26)28-21(3,4)5)25-13-14-27-18(15-25)17-10-8-7-9-16(17)2;/h7-10,18H,6,11-15H2,1-5H3,(H,22,23)(H,24,26);1H. The second kappa shape index (κ2) is 12.2. The molecule has 164 valence electrons. The number of guanidine groups is 1. The van der Waals surface area contributed by atoms with Gasteiger partial charge in [-0.1, -0.05) is 24.3 Å². The van der Waals surface area contributed by atoms with Crippen LogP contribution in [0.4, 0.5) is 4.79 Å². The molecule has 0 saturated carbocycles. The molecule has 1 aliphatic rings. The first-order valence-electron chi connectivity index (χ1n) is 9.97. The Kier molecular flexibility index (Phi) is 10.7. The van der Waals surface area contributed by atoms with Crippen molar-refractivity contribution in [1.29, 1.82) is 0 Å². The van der Waals surface area contributed by atoms with Gasteiger partial charge in [-0.05, 0) is 45.7 Å². The lowest BCUT2D eigenvalue weighted by molar-refractivity contribution is -0.00832. The molecule has 0 aliphatic carbocycles. The highest BCUT2D eigenvalue weighted by Gasteiger charge is 2.25. The van der Waals surface area contributed by atoms with Crippen LogP contribution in [0, 0.1) is 6.92 Å². The fourth-order valence-corrected chi connectivity index (χ4v) is 3.04. The molecule has 1 aliphatic heterocycles. The van der Waals surface area contributed by atoms with E-state index in [4.69, 9.17) is 9.47 Å². The van der Waals surface area contributed by atoms with E-state index in [1.165, 1.54) is 11.1 Å². The number of hydrogen-bond donors (Lipinski definition) is 2. The Morgan fingerprint density at radius 1 is 1.31 bits per heavy atom. The van der Waals surface area contributed by atoms with Crippen molar-refractivity contribution in [3.05, 3.63) is 35.4 Å².